The molecule has 0 saturated heterocycles. The Kier molecular flexibility index (Phi) is 2.84. The number of benzene rings is 1. The number of carbonyl (C=O) groups is 1. The number of primary amides is 1. The summed E-state index contributed by atoms with van der Waals surface area (Å²) in [6.07, 6.45) is -1.50. The van der Waals surface area contributed by atoms with Gasteiger partial charge in [0.2, 0.25) is 0 Å². The lowest BCUT2D eigenvalue weighted by Crippen LogP contribution is -2.19. The molecule has 1 aromatic carbocycles. The lowest BCUT2D eigenvalue weighted by Gasteiger charge is -2.05. The summed E-state index contributed by atoms with van der Waals surface area (Å²) in [5, 5.41) is 19.8. The molecule has 0 heterocycles. The molecule has 5 nitrogen and oxygen atoms in total. The Hall–Kier alpha value is -1.59. The van der Waals surface area contributed by atoms with Crippen molar-refractivity contribution in [3.05, 3.63) is 29.8 Å². The molecule has 0 radical (unpaired) electrons. The van der Waals surface area contributed by atoms with E-state index < -0.39 is 12.3 Å². The van der Waals surface area contributed by atoms with E-state index in [0.29, 0.717) is 11.3 Å². The number of anilines is 1. The van der Waals surface area contributed by atoms with Crippen LogP contribution < -0.4 is 11.1 Å². The van der Waals surface area contributed by atoms with Crippen molar-refractivity contribution in [3.8, 4) is 0 Å². The maximum atomic E-state index is 10.4. The third kappa shape index (κ3) is 2.73. The average molecular weight is 182 g/mol. The summed E-state index contributed by atoms with van der Waals surface area (Å²) < 4.78 is 0. The molecule has 5 N–H and O–H groups in total. The number of rotatable bonds is 2. The maximum absolute atomic E-state index is 10.4. The van der Waals surface area contributed by atoms with Crippen molar-refractivity contribution in [1.29, 1.82) is 0 Å². The van der Waals surface area contributed by atoms with Gasteiger partial charge < -0.3 is 21.3 Å². The van der Waals surface area contributed by atoms with E-state index in [-0.39, 0.29) is 0 Å². The molecule has 13 heavy (non-hydrogen) atoms. The van der Waals surface area contributed by atoms with Crippen LogP contribution in [-0.2, 0) is 0 Å². The summed E-state index contributed by atoms with van der Waals surface area (Å²) in [5.74, 6) is 0. The summed E-state index contributed by atoms with van der Waals surface area (Å²) in [5.41, 5.74) is 5.74. The summed E-state index contributed by atoms with van der Waals surface area (Å²) in [6.45, 7) is 0. The van der Waals surface area contributed by atoms with Gasteiger partial charge in [-0.2, -0.15) is 0 Å². The van der Waals surface area contributed by atoms with Crippen LogP contribution >= 0.6 is 0 Å². The standard InChI is InChI=1S/C8H10N2O3/c9-8(13)10-6-3-1-5(2-4-6)7(11)12/h1-4,7,11-12H,(H3,9,10,13). The quantitative estimate of drug-likeness (QED) is 0.490. The number of aliphatic hydroxyl groups is 2. The highest BCUT2D eigenvalue weighted by molar-refractivity contribution is 5.87. The third-order valence-electron chi connectivity index (χ3n) is 1.48. The molecule has 0 bridgehead atoms. The number of hydrogen-bond donors (Lipinski definition) is 4. The van der Waals surface area contributed by atoms with Gasteiger partial charge in [-0.05, 0) is 12.1 Å². The summed E-state index contributed by atoms with van der Waals surface area (Å²) >= 11 is 0. The van der Waals surface area contributed by atoms with Gasteiger partial charge in [0.15, 0.2) is 6.29 Å². The Morgan fingerprint density at radius 1 is 1.31 bits per heavy atom. The van der Waals surface area contributed by atoms with Crippen LogP contribution in [0.3, 0.4) is 0 Å². The van der Waals surface area contributed by atoms with Crippen LogP contribution in [0.25, 0.3) is 0 Å². The number of nitrogens with two attached hydrogens (primary N) is 1. The van der Waals surface area contributed by atoms with Gasteiger partial charge in [-0.15, -0.1) is 0 Å². The van der Waals surface area contributed by atoms with Crippen molar-refractivity contribution >= 4 is 11.7 Å². The van der Waals surface area contributed by atoms with Crippen LogP contribution in [0.5, 0.6) is 0 Å². The Balaban J connectivity index is 2.75. The van der Waals surface area contributed by atoms with Gasteiger partial charge in [0.1, 0.15) is 0 Å². The Morgan fingerprint density at radius 3 is 2.23 bits per heavy atom. The molecule has 0 spiro atoms. The Morgan fingerprint density at radius 2 is 1.85 bits per heavy atom. The largest absolute Gasteiger partial charge is 0.364 e. The molecule has 70 valence electrons. The van der Waals surface area contributed by atoms with Crippen LogP contribution in [0.1, 0.15) is 11.9 Å². The highest BCUT2D eigenvalue weighted by Gasteiger charge is 2.01. The molecule has 0 atom stereocenters. The predicted octanol–water partition coefficient (Wildman–Crippen LogP) is 0.160. The van der Waals surface area contributed by atoms with E-state index in [9.17, 15) is 4.79 Å². The highest BCUT2D eigenvalue weighted by Crippen LogP contribution is 2.13. The molecular formula is C8H10N2O3. The van der Waals surface area contributed by atoms with Crippen molar-refractivity contribution in [2.24, 2.45) is 5.73 Å². The van der Waals surface area contributed by atoms with Gasteiger partial charge >= 0.3 is 6.03 Å². The summed E-state index contributed by atoms with van der Waals surface area (Å²) in [6, 6.07) is 5.36. The lowest BCUT2D eigenvalue weighted by molar-refractivity contribution is -0.0424. The topological polar surface area (TPSA) is 95.6 Å². The van der Waals surface area contributed by atoms with Crippen molar-refractivity contribution < 1.29 is 15.0 Å². The molecule has 1 rings (SSSR count). The van der Waals surface area contributed by atoms with Gasteiger partial charge in [-0.3, -0.25) is 0 Å². The SMILES string of the molecule is NC(=O)Nc1ccc(C(O)O)cc1. The number of carbonyl (C=O) groups excluding carboxylic acids is 1. The zero-order valence-electron chi connectivity index (χ0n) is 6.77. The van der Waals surface area contributed by atoms with Crippen molar-refractivity contribution in [2.45, 2.75) is 6.29 Å². The monoisotopic (exact) mass is 182 g/mol. The zero-order valence-corrected chi connectivity index (χ0v) is 6.77. The molecular weight excluding hydrogens is 172 g/mol. The van der Waals surface area contributed by atoms with Crippen molar-refractivity contribution in [1.82, 2.24) is 0 Å². The van der Waals surface area contributed by atoms with Crippen LogP contribution in [0.2, 0.25) is 0 Å². The van der Waals surface area contributed by atoms with Gasteiger partial charge in [0.25, 0.3) is 0 Å². The molecule has 0 saturated carbocycles. The highest BCUT2D eigenvalue weighted by atomic mass is 16.5. The molecule has 1 aromatic rings. The number of amides is 2. The van der Waals surface area contributed by atoms with Gasteiger partial charge in [-0.25, -0.2) is 4.79 Å². The second kappa shape index (κ2) is 3.88. The van der Waals surface area contributed by atoms with E-state index >= 15 is 0 Å². The third-order valence-corrected chi connectivity index (χ3v) is 1.48. The van der Waals surface area contributed by atoms with E-state index in [1.807, 2.05) is 0 Å². The van der Waals surface area contributed by atoms with Crippen LogP contribution in [-0.4, -0.2) is 16.2 Å². The van der Waals surface area contributed by atoms with Crippen molar-refractivity contribution in [2.75, 3.05) is 5.32 Å². The van der Waals surface area contributed by atoms with Gasteiger partial charge in [0.05, 0.1) is 0 Å². The van der Waals surface area contributed by atoms with E-state index in [1.165, 1.54) is 24.3 Å². The van der Waals surface area contributed by atoms with Crippen LogP contribution in [0.15, 0.2) is 24.3 Å². The normalized spacial score (nSPS) is 10.1. The molecule has 5 heteroatoms. The number of aliphatic hydroxyl groups excluding tert-OH is 1. The van der Waals surface area contributed by atoms with Gasteiger partial charge in [0, 0.05) is 11.3 Å². The lowest BCUT2D eigenvalue weighted by atomic mass is 10.2. The Bertz CT molecular complexity index is 295. The number of urea groups is 1. The fraction of sp³-hybridized carbons (Fsp3) is 0.125. The molecule has 0 fully saturated rings. The second-order valence-corrected chi connectivity index (χ2v) is 2.48. The van der Waals surface area contributed by atoms with E-state index in [2.05, 4.69) is 5.32 Å². The first kappa shape index (κ1) is 9.50. The van der Waals surface area contributed by atoms with Crippen LogP contribution in [0, 0.1) is 0 Å². The van der Waals surface area contributed by atoms with E-state index in [1.54, 1.807) is 0 Å². The first-order chi connectivity index (χ1) is 6.09. The molecule has 0 aliphatic carbocycles. The second-order valence-electron chi connectivity index (χ2n) is 2.48. The summed E-state index contributed by atoms with van der Waals surface area (Å²) in [4.78, 5) is 10.4. The first-order valence-corrected chi connectivity index (χ1v) is 3.62. The average Bonchev–Trinajstić information content (AvgIpc) is 2.04. The maximum Gasteiger partial charge on any atom is 0.316 e. The Labute approximate surface area is 74.8 Å². The molecule has 0 unspecified atom stereocenters. The minimum Gasteiger partial charge on any atom is -0.364 e. The predicted molar refractivity (Wildman–Crippen MR) is 46.8 cm³/mol. The number of nitrogens with one attached hydrogen (secondary N) is 1. The number of hydrogen-bond acceptors (Lipinski definition) is 3. The van der Waals surface area contributed by atoms with Crippen molar-refractivity contribution in [3.63, 3.8) is 0 Å². The molecule has 0 aromatic heterocycles. The molecule has 0 aliphatic rings. The minimum absolute atomic E-state index is 0.357. The van der Waals surface area contributed by atoms with E-state index in [4.69, 9.17) is 15.9 Å². The van der Waals surface area contributed by atoms with Gasteiger partial charge in [-0.1, -0.05) is 12.1 Å². The molecule has 2 amide bonds. The van der Waals surface area contributed by atoms with E-state index in [0.717, 1.165) is 0 Å². The molecule has 0 aliphatic heterocycles. The zero-order chi connectivity index (χ0) is 9.84. The summed E-state index contributed by atoms with van der Waals surface area (Å²) in [7, 11) is 0. The minimum atomic E-state index is -1.50. The van der Waals surface area contributed by atoms with Crippen LogP contribution in [0.4, 0.5) is 10.5 Å². The first-order valence-electron chi connectivity index (χ1n) is 3.62. The fourth-order valence-electron chi connectivity index (χ4n) is 0.881. The smallest absolute Gasteiger partial charge is 0.316 e. The fourth-order valence-corrected chi connectivity index (χ4v) is 0.881.